The Morgan fingerprint density at radius 1 is 1.29 bits per heavy atom. The lowest BCUT2D eigenvalue weighted by Crippen LogP contribution is -2.25. The van der Waals surface area contributed by atoms with E-state index in [4.69, 9.17) is 5.14 Å². The van der Waals surface area contributed by atoms with Gasteiger partial charge in [-0.05, 0) is 25.2 Å². The standard InChI is InChI=1S/C11H17FN2O2S/c1-3-14(4-2)8-9-10(12)6-5-7-11(9)17(13,15)16/h5-7H,3-4,8H2,1-2H3,(H2,13,15,16). The number of sulfonamides is 1. The minimum absolute atomic E-state index is 0.135. The third-order valence-electron chi connectivity index (χ3n) is 2.66. The fourth-order valence-electron chi connectivity index (χ4n) is 1.63. The van der Waals surface area contributed by atoms with E-state index in [1.54, 1.807) is 0 Å². The van der Waals surface area contributed by atoms with Crippen molar-refractivity contribution < 1.29 is 12.8 Å². The van der Waals surface area contributed by atoms with Gasteiger partial charge in [0.15, 0.2) is 0 Å². The number of hydrogen-bond donors (Lipinski definition) is 1. The van der Waals surface area contributed by atoms with Crippen LogP contribution in [0.5, 0.6) is 0 Å². The highest BCUT2D eigenvalue weighted by molar-refractivity contribution is 7.89. The van der Waals surface area contributed by atoms with Crippen molar-refractivity contribution in [3.05, 3.63) is 29.6 Å². The number of primary sulfonamides is 1. The molecule has 4 nitrogen and oxygen atoms in total. The average Bonchev–Trinajstić information content (AvgIpc) is 2.26. The van der Waals surface area contributed by atoms with Gasteiger partial charge in [-0.25, -0.2) is 17.9 Å². The summed E-state index contributed by atoms with van der Waals surface area (Å²) >= 11 is 0. The highest BCUT2D eigenvalue weighted by Crippen LogP contribution is 2.19. The fourth-order valence-corrected chi connectivity index (χ4v) is 2.40. The molecule has 1 aromatic carbocycles. The van der Waals surface area contributed by atoms with Crippen LogP contribution in [0.2, 0.25) is 0 Å². The van der Waals surface area contributed by atoms with E-state index in [0.717, 1.165) is 13.1 Å². The quantitative estimate of drug-likeness (QED) is 0.868. The highest BCUT2D eigenvalue weighted by atomic mass is 32.2. The smallest absolute Gasteiger partial charge is 0.238 e. The van der Waals surface area contributed by atoms with Gasteiger partial charge in [0, 0.05) is 12.1 Å². The van der Waals surface area contributed by atoms with Gasteiger partial charge in [-0.15, -0.1) is 0 Å². The first kappa shape index (κ1) is 14.1. The molecule has 0 aliphatic rings. The van der Waals surface area contributed by atoms with Crippen LogP contribution in [0, 0.1) is 5.82 Å². The van der Waals surface area contributed by atoms with Gasteiger partial charge in [0.2, 0.25) is 10.0 Å². The van der Waals surface area contributed by atoms with Crippen molar-refractivity contribution >= 4 is 10.0 Å². The van der Waals surface area contributed by atoms with Crippen LogP contribution in [0.4, 0.5) is 4.39 Å². The molecule has 0 heterocycles. The molecule has 0 saturated carbocycles. The molecular formula is C11H17FN2O2S. The topological polar surface area (TPSA) is 63.4 Å². The minimum Gasteiger partial charge on any atom is -0.299 e. The average molecular weight is 260 g/mol. The number of nitrogens with zero attached hydrogens (tertiary/aromatic N) is 1. The maximum atomic E-state index is 13.7. The summed E-state index contributed by atoms with van der Waals surface area (Å²) in [6, 6.07) is 3.92. The van der Waals surface area contributed by atoms with Crippen molar-refractivity contribution in [2.24, 2.45) is 5.14 Å². The third-order valence-corrected chi connectivity index (χ3v) is 3.65. The summed E-state index contributed by atoms with van der Waals surface area (Å²) in [5.41, 5.74) is 0.138. The lowest BCUT2D eigenvalue weighted by atomic mass is 10.2. The van der Waals surface area contributed by atoms with Crippen LogP contribution in [0.25, 0.3) is 0 Å². The van der Waals surface area contributed by atoms with Crippen LogP contribution >= 0.6 is 0 Å². The normalized spacial score (nSPS) is 12.1. The summed E-state index contributed by atoms with van der Waals surface area (Å²) in [7, 11) is -3.88. The van der Waals surface area contributed by atoms with Crippen molar-refractivity contribution in [1.29, 1.82) is 0 Å². The second-order valence-electron chi connectivity index (χ2n) is 3.72. The van der Waals surface area contributed by atoms with Crippen LogP contribution in [0.15, 0.2) is 23.1 Å². The zero-order valence-corrected chi connectivity index (χ0v) is 10.8. The van der Waals surface area contributed by atoms with E-state index < -0.39 is 15.8 Å². The number of nitrogens with two attached hydrogens (primary N) is 1. The second kappa shape index (κ2) is 5.57. The molecule has 96 valence electrons. The zero-order valence-electron chi connectivity index (χ0n) is 9.98. The lowest BCUT2D eigenvalue weighted by molar-refractivity contribution is 0.288. The number of benzene rings is 1. The van der Waals surface area contributed by atoms with Gasteiger partial charge in [-0.2, -0.15) is 0 Å². The van der Waals surface area contributed by atoms with Crippen molar-refractivity contribution in [2.75, 3.05) is 13.1 Å². The summed E-state index contributed by atoms with van der Waals surface area (Å²) in [5, 5.41) is 5.07. The van der Waals surface area contributed by atoms with E-state index in [-0.39, 0.29) is 17.0 Å². The van der Waals surface area contributed by atoms with Gasteiger partial charge >= 0.3 is 0 Å². The van der Waals surface area contributed by atoms with E-state index in [2.05, 4.69) is 0 Å². The molecule has 0 aliphatic heterocycles. The van der Waals surface area contributed by atoms with E-state index in [1.165, 1.54) is 18.2 Å². The van der Waals surface area contributed by atoms with Crippen molar-refractivity contribution in [3.8, 4) is 0 Å². The van der Waals surface area contributed by atoms with E-state index in [0.29, 0.717) is 0 Å². The van der Waals surface area contributed by atoms with Gasteiger partial charge in [-0.3, -0.25) is 4.90 Å². The van der Waals surface area contributed by atoms with Gasteiger partial charge in [0.25, 0.3) is 0 Å². The van der Waals surface area contributed by atoms with E-state index in [1.807, 2.05) is 18.7 Å². The van der Waals surface area contributed by atoms with Crippen LogP contribution in [-0.4, -0.2) is 26.4 Å². The molecule has 0 spiro atoms. The fraction of sp³-hybridized carbons (Fsp3) is 0.455. The maximum absolute atomic E-state index is 13.7. The number of halogens is 1. The maximum Gasteiger partial charge on any atom is 0.238 e. The molecule has 17 heavy (non-hydrogen) atoms. The molecule has 0 bridgehead atoms. The molecule has 0 fully saturated rings. The Morgan fingerprint density at radius 3 is 2.35 bits per heavy atom. The Bertz CT molecular complexity index is 484. The molecule has 0 radical (unpaired) electrons. The summed E-state index contributed by atoms with van der Waals surface area (Å²) in [5.74, 6) is -0.538. The first-order valence-electron chi connectivity index (χ1n) is 5.42. The van der Waals surface area contributed by atoms with Crippen molar-refractivity contribution in [3.63, 3.8) is 0 Å². The molecule has 1 aromatic rings. The summed E-state index contributed by atoms with van der Waals surface area (Å²) in [4.78, 5) is 1.79. The Labute approximate surface area is 101 Å². The highest BCUT2D eigenvalue weighted by Gasteiger charge is 2.18. The molecule has 6 heteroatoms. The number of rotatable bonds is 5. The molecule has 0 amide bonds. The summed E-state index contributed by atoms with van der Waals surface area (Å²) in [6.07, 6.45) is 0. The van der Waals surface area contributed by atoms with Crippen LogP contribution in [0.3, 0.4) is 0 Å². The molecule has 0 aromatic heterocycles. The van der Waals surface area contributed by atoms with Crippen molar-refractivity contribution in [2.45, 2.75) is 25.3 Å². The van der Waals surface area contributed by atoms with Gasteiger partial charge < -0.3 is 0 Å². The first-order chi connectivity index (χ1) is 7.90. The van der Waals surface area contributed by atoms with Gasteiger partial charge in [0.1, 0.15) is 5.82 Å². The Hall–Kier alpha value is -0.980. The summed E-state index contributed by atoms with van der Waals surface area (Å²) in [6.45, 7) is 5.54. The first-order valence-corrected chi connectivity index (χ1v) is 6.97. The molecule has 0 unspecified atom stereocenters. The van der Waals surface area contributed by atoms with Gasteiger partial charge in [-0.1, -0.05) is 19.9 Å². The second-order valence-corrected chi connectivity index (χ2v) is 5.25. The molecule has 0 aliphatic carbocycles. The van der Waals surface area contributed by atoms with Crippen molar-refractivity contribution in [1.82, 2.24) is 4.90 Å². The monoisotopic (exact) mass is 260 g/mol. The van der Waals surface area contributed by atoms with Crippen LogP contribution in [-0.2, 0) is 16.6 Å². The minimum atomic E-state index is -3.88. The molecule has 0 saturated heterocycles. The molecule has 0 atom stereocenters. The molecule has 1 rings (SSSR count). The zero-order chi connectivity index (χ0) is 13.1. The largest absolute Gasteiger partial charge is 0.299 e. The third kappa shape index (κ3) is 3.49. The Kier molecular flexibility index (Phi) is 4.62. The lowest BCUT2D eigenvalue weighted by Gasteiger charge is -2.19. The van der Waals surface area contributed by atoms with Crippen LogP contribution < -0.4 is 5.14 Å². The SMILES string of the molecule is CCN(CC)Cc1c(F)cccc1S(N)(=O)=O. The Morgan fingerprint density at radius 2 is 1.88 bits per heavy atom. The van der Waals surface area contributed by atoms with Crippen LogP contribution in [0.1, 0.15) is 19.4 Å². The summed E-state index contributed by atoms with van der Waals surface area (Å²) < 4.78 is 36.4. The van der Waals surface area contributed by atoms with E-state index in [9.17, 15) is 12.8 Å². The molecule has 2 N–H and O–H groups in total. The van der Waals surface area contributed by atoms with E-state index >= 15 is 0 Å². The van der Waals surface area contributed by atoms with Gasteiger partial charge in [0.05, 0.1) is 4.90 Å². The molecular weight excluding hydrogens is 243 g/mol. The number of hydrogen-bond acceptors (Lipinski definition) is 3. The predicted octanol–water partition coefficient (Wildman–Crippen LogP) is 1.31. The Balaban J connectivity index is 3.22. The predicted molar refractivity (Wildman–Crippen MR) is 64.4 cm³/mol.